The predicted molar refractivity (Wildman–Crippen MR) is 126 cm³/mol. The molecule has 6 rings (SSSR count). The van der Waals surface area contributed by atoms with Gasteiger partial charge in [-0.1, -0.05) is 22.9 Å². The zero-order chi connectivity index (χ0) is 22.5. The molecule has 2 aromatic heterocycles. The van der Waals surface area contributed by atoms with Gasteiger partial charge in [-0.3, -0.25) is 4.79 Å². The molecule has 1 amide bonds. The van der Waals surface area contributed by atoms with Crippen LogP contribution in [-0.2, 0) is 0 Å². The van der Waals surface area contributed by atoms with Crippen molar-refractivity contribution in [2.45, 2.75) is 6.42 Å². The first-order chi connectivity index (χ1) is 16.0. The first kappa shape index (κ1) is 20.6. The van der Waals surface area contributed by atoms with Crippen LogP contribution in [0, 0.1) is 17.7 Å². The van der Waals surface area contributed by atoms with Gasteiger partial charge in [-0.2, -0.15) is 15.0 Å². The van der Waals surface area contributed by atoms with Crippen LogP contribution in [0.3, 0.4) is 0 Å². The van der Waals surface area contributed by atoms with Crippen LogP contribution in [0.2, 0.25) is 5.02 Å². The summed E-state index contributed by atoms with van der Waals surface area (Å²) in [6.07, 6.45) is 4.15. The van der Waals surface area contributed by atoms with Crippen molar-refractivity contribution in [3.63, 3.8) is 0 Å². The monoisotopic (exact) mass is 482 g/mol. The SMILES string of the molecule is O=C(c1cc(F)ccc1-n1nccn1)N1CC2CC(C1)CN(c1nc3ccc(Cl)cc3s1)C2. The highest BCUT2D eigenvalue weighted by Crippen LogP contribution is 2.36. The van der Waals surface area contributed by atoms with Crippen LogP contribution in [-0.4, -0.2) is 57.0 Å². The van der Waals surface area contributed by atoms with Crippen LogP contribution < -0.4 is 4.90 Å². The molecule has 0 aliphatic carbocycles. The second-order valence-electron chi connectivity index (χ2n) is 8.67. The van der Waals surface area contributed by atoms with Crippen molar-refractivity contribution in [3.05, 3.63) is 65.2 Å². The molecule has 2 atom stereocenters. The van der Waals surface area contributed by atoms with Crippen LogP contribution in [0.15, 0.2) is 48.8 Å². The van der Waals surface area contributed by atoms with Gasteiger partial charge in [-0.15, -0.1) is 0 Å². The standard InChI is InChI=1S/C23H20ClFN6OS/c24-16-1-3-19-21(8-16)33-23(28-19)30-12-14-7-15(13-30)11-29(10-14)22(32)18-9-17(25)2-4-20(18)31-26-5-6-27-31/h1-6,8-9,14-15H,7,10-13H2. The van der Waals surface area contributed by atoms with E-state index in [0.717, 1.165) is 34.9 Å². The van der Waals surface area contributed by atoms with E-state index in [-0.39, 0.29) is 11.5 Å². The van der Waals surface area contributed by atoms with Gasteiger partial charge in [-0.05, 0) is 54.7 Å². The zero-order valence-corrected chi connectivity index (χ0v) is 19.1. The lowest BCUT2D eigenvalue weighted by Crippen LogP contribution is -2.54. The second-order valence-corrected chi connectivity index (χ2v) is 10.1. The fourth-order valence-corrected chi connectivity index (χ4v) is 6.25. The summed E-state index contributed by atoms with van der Waals surface area (Å²) in [7, 11) is 0. The normalized spacial score (nSPS) is 20.4. The van der Waals surface area contributed by atoms with Crippen molar-refractivity contribution >= 4 is 44.2 Å². The van der Waals surface area contributed by atoms with E-state index >= 15 is 0 Å². The third kappa shape index (κ3) is 3.85. The predicted octanol–water partition coefficient (Wildman–Crippen LogP) is 4.27. The topological polar surface area (TPSA) is 67.2 Å². The van der Waals surface area contributed by atoms with Gasteiger partial charge < -0.3 is 9.80 Å². The third-order valence-corrected chi connectivity index (χ3v) is 7.62. The Hall–Kier alpha value is -3.04. The molecule has 2 aromatic carbocycles. The summed E-state index contributed by atoms with van der Waals surface area (Å²) in [5.74, 6) is 0.0296. The Kier molecular flexibility index (Phi) is 5.03. The number of nitrogens with zero attached hydrogens (tertiary/aromatic N) is 6. The Balaban J connectivity index is 1.23. The molecular formula is C23H20ClFN6OS. The van der Waals surface area contributed by atoms with Crippen LogP contribution in [0.4, 0.5) is 9.52 Å². The van der Waals surface area contributed by atoms with Gasteiger partial charge >= 0.3 is 0 Å². The van der Waals surface area contributed by atoms with E-state index in [1.54, 1.807) is 17.4 Å². The van der Waals surface area contributed by atoms with Gasteiger partial charge in [0.2, 0.25) is 0 Å². The minimum absolute atomic E-state index is 0.181. The van der Waals surface area contributed by atoms with Gasteiger partial charge in [-0.25, -0.2) is 9.37 Å². The Labute approximate surface area is 198 Å². The van der Waals surface area contributed by atoms with Crippen LogP contribution in [0.5, 0.6) is 0 Å². The summed E-state index contributed by atoms with van der Waals surface area (Å²) in [6, 6.07) is 9.92. The molecule has 2 aliphatic rings. The first-order valence-electron chi connectivity index (χ1n) is 10.8. The Morgan fingerprint density at radius 1 is 1.03 bits per heavy atom. The molecule has 2 fully saturated rings. The average molecular weight is 483 g/mol. The number of piperidine rings is 2. The van der Waals surface area contributed by atoms with E-state index in [0.29, 0.717) is 35.6 Å². The Bertz CT molecular complexity index is 1330. The molecule has 0 N–H and O–H groups in total. The number of amides is 1. The molecule has 0 saturated carbocycles. The number of hydrogen-bond acceptors (Lipinski definition) is 6. The molecule has 2 unspecified atom stereocenters. The number of benzene rings is 2. The lowest BCUT2D eigenvalue weighted by Gasteiger charge is -2.45. The van der Waals surface area contributed by atoms with Crippen molar-refractivity contribution in [1.29, 1.82) is 0 Å². The van der Waals surface area contributed by atoms with Crippen molar-refractivity contribution in [1.82, 2.24) is 24.9 Å². The highest BCUT2D eigenvalue weighted by molar-refractivity contribution is 7.22. The number of carbonyl (C=O) groups excluding carboxylic acids is 1. The van der Waals surface area contributed by atoms with Crippen molar-refractivity contribution in [2.24, 2.45) is 11.8 Å². The molecule has 10 heteroatoms. The largest absolute Gasteiger partial charge is 0.347 e. The summed E-state index contributed by atoms with van der Waals surface area (Å²) in [6.45, 7) is 2.94. The summed E-state index contributed by atoms with van der Waals surface area (Å²) < 4.78 is 15.1. The van der Waals surface area contributed by atoms with E-state index in [1.165, 1.54) is 29.3 Å². The molecular weight excluding hydrogens is 463 g/mol. The van der Waals surface area contributed by atoms with Gasteiger partial charge in [0.05, 0.1) is 33.9 Å². The lowest BCUT2D eigenvalue weighted by molar-refractivity contribution is 0.0564. The summed E-state index contributed by atoms with van der Waals surface area (Å²) in [5.41, 5.74) is 1.72. The number of aromatic nitrogens is 4. The molecule has 4 aromatic rings. The smallest absolute Gasteiger partial charge is 0.256 e. The van der Waals surface area contributed by atoms with Gasteiger partial charge in [0.1, 0.15) is 5.82 Å². The maximum Gasteiger partial charge on any atom is 0.256 e. The minimum atomic E-state index is -0.450. The average Bonchev–Trinajstić information content (AvgIpc) is 3.47. The third-order valence-electron chi connectivity index (χ3n) is 6.30. The summed E-state index contributed by atoms with van der Waals surface area (Å²) in [5, 5.41) is 9.95. The number of anilines is 1. The molecule has 2 saturated heterocycles. The van der Waals surface area contributed by atoms with E-state index in [4.69, 9.17) is 16.6 Å². The van der Waals surface area contributed by atoms with Gasteiger partial charge in [0.25, 0.3) is 5.91 Å². The molecule has 33 heavy (non-hydrogen) atoms. The second kappa shape index (κ2) is 8.07. The van der Waals surface area contributed by atoms with Gasteiger partial charge in [0, 0.05) is 31.2 Å². The number of thiazole rings is 1. The quantitative estimate of drug-likeness (QED) is 0.436. The maximum absolute atomic E-state index is 14.1. The van der Waals surface area contributed by atoms with Crippen LogP contribution >= 0.6 is 22.9 Å². The Morgan fingerprint density at radius 2 is 1.79 bits per heavy atom. The molecule has 7 nitrogen and oxygen atoms in total. The molecule has 4 heterocycles. The van der Waals surface area contributed by atoms with Gasteiger partial charge in [0.15, 0.2) is 5.13 Å². The number of hydrogen-bond donors (Lipinski definition) is 0. The van der Waals surface area contributed by atoms with E-state index in [9.17, 15) is 9.18 Å². The van der Waals surface area contributed by atoms with E-state index in [1.807, 2.05) is 23.1 Å². The molecule has 2 aliphatic heterocycles. The minimum Gasteiger partial charge on any atom is -0.347 e. The highest BCUT2D eigenvalue weighted by atomic mass is 35.5. The summed E-state index contributed by atoms with van der Waals surface area (Å²) in [4.78, 5) is 23.8. The maximum atomic E-state index is 14.1. The number of rotatable bonds is 3. The molecule has 168 valence electrons. The van der Waals surface area contributed by atoms with Crippen LogP contribution in [0.25, 0.3) is 15.9 Å². The number of likely N-dealkylation sites (tertiary alicyclic amines) is 1. The number of carbonyl (C=O) groups is 1. The Morgan fingerprint density at radius 3 is 2.55 bits per heavy atom. The fraction of sp³-hybridized carbons (Fsp3) is 0.304. The number of halogens is 2. The van der Waals surface area contributed by atoms with E-state index < -0.39 is 5.82 Å². The summed E-state index contributed by atoms with van der Waals surface area (Å²) >= 11 is 7.79. The molecule has 2 bridgehead atoms. The van der Waals surface area contributed by atoms with E-state index in [2.05, 4.69) is 15.1 Å². The zero-order valence-electron chi connectivity index (χ0n) is 17.6. The highest BCUT2D eigenvalue weighted by Gasteiger charge is 2.37. The van der Waals surface area contributed by atoms with Crippen molar-refractivity contribution in [3.8, 4) is 5.69 Å². The molecule has 0 spiro atoms. The van der Waals surface area contributed by atoms with Crippen LogP contribution in [0.1, 0.15) is 16.8 Å². The molecule has 0 radical (unpaired) electrons. The fourth-order valence-electron chi connectivity index (χ4n) is 4.99. The van der Waals surface area contributed by atoms with Crippen molar-refractivity contribution in [2.75, 3.05) is 31.1 Å². The first-order valence-corrected chi connectivity index (χ1v) is 12.0. The van der Waals surface area contributed by atoms with Crippen molar-refractivity contribution < 1.29 is 9.18 Å². The number of fused-ring (bicyclic) bond motifs is 3. The lowest BCUT2D eigenvalue weighted by atomic mass is 9.84.